The first-order valence-corrected chi connectivity index (χ1v) is 13.5. The zero-order valence-corrected chi connectivity index (χ0v) is 19.9. The van der Waals surface area contributed by atoms with Crippen LogP contribution in [-0.4, -0.2) is 50.0 Å². The molecule has 0 radical (unpaired) electrons. The van der Waals surface area contributed by atoms with Gasteiger partial charge in [-0.2, -0.15) is 0 Å². The van der Waals surface area contributed by atoms with Gasteiger partial charge in [-0.15, -0.1) is 25.7 Å². The summed E-state index contributed by atoms with van der Waals surface area (Å²) in [4.78, 5) is 5.34. The van der Waals surface area contributed by atoms with E-state index in [1.165, 1.54) is 18.5 Å². The minimum atomic E-state index is -7.69. The quantitative estimate of drug-likeness (QED) is 0.190. The molecule has 0 bridgehead atoms. The van der Waals surface area contributed by atoms with Crippen LogP contribution in [-0.2, 0) is 12.5 Å². The molecule has 0 spiro atoms. The third-order valence-electron chi connectivity index (χ3n) is 6.68. The van der Waals surface area contributed by atoms with E-state index in [-0.39, 0.29) is 5.41 Å². The summed E-state index contributed by atoms with van der Waals surface area (Å²) in [7, 11) is -5.79. The molecular formula is C21H25F4N5OS2. The highest BCUT2D eigenvalue weighted by Gasteiger charge is 2.60. The van der Waals surface area contributed by atoms with Gasteiger partial charge in [-0.3, -0.25) is 0 Å². The molecule has 3 aromatic rings. The van der Waals surface area contributed by atoms with Gasteiger partial charge in [-0.05, 0) is 49.9 Å². The van der Waals surface area contributed by atoms with Crippen LogP contribution in [0.3, 0.4) is 0 Å². The van der Waals surface area contributed by atoms with Gasteiger partial charge in [-0.25, -0.2) is 4.98 Å². The number of fused-ring (bicyclic) bond motifs is 1. The number of rotatable bonds is 8. The van der Waals surface area contributed by atoms with Gasteiger partial charge in [-0.1, -0.05) is 23.9 Å². The number of halogens is 4. The summed E-state index contributed by atoms with van der Waals surface area (Å²) >= 11 is 1.63. The van der Waals surface area contributed by atoms with Gasteiger partial charge >= 0.3 is 0 Å². The van der Waals surface area contributed by atoms with Crippen molar-refractivity contribution in [3.8, 4) is 11.6 Å². The Kier molecular flexibility index (Phi) is 5.33. The van der Waals surface area contributed by atoms with E-state index >= 15 is 0 Å². The van der Waals surface area contributed by atoms with E-state index in [9.17, 15) is 15.5 Å². The molecule has 1 aromatic carbocycles. The van der Waals surface area contributed by atoms with E-state index in [2.05, 4.69) is 20.1 Å². The molecule has 3 heterocycles. The molecule has 5 rings (SSSR count). The zero-order valence-electron chi connectivity index (χ0n) is 18.2. The average molecular weight is 504 g/mol. The highest BCUT2D eigenvalue weighted by Crippen LogP contribution is 2.82. The number of hydrogen-bond donors (Lipinski definition) is 1. The van der Waals surface area contributed by atoms with E-state index in [0.717, 1.165) is 66.8 Å². The van der Waals surface area contributed by atoms with E-state index in [1.54, 1.807) is 11.8 Å². The third kappa shape index (κ3) is 4.28. The average Bonchev–Trinajstić information content (AvgIpc) is 3.05. The maximum atomic E-state index is 13.0. The number of likely N-dealkylation sites (tertiary alicyclic amines) is 1. The van der Waals surface area contributed by atoms with Gasteiger partial charge in [0.2, 0.25) is 5.82 Å². The van der Waals surface area contributed by atoms with Crippen molar-refractivity contribution in [2.45, 2.75) is 35.2 Å². The SMILES string of the molecule is Cc1ncoc1-c1nnc(SCCCN2CC3CC3(c3ccc([SH](F)(F)(F)F)cc3)C2)n1C. The second kappa shape index (κ2) is 7.74. The Morgan fingerprint density at radius 2 is 1.94 bits per heavy atom. The molecule has 1 saturated heterocycles. The van der Waals surface area contributed by atoms with E-state index in [0.29, 0.717) is 17.5 Å². The number of aromatic nitrogens is 4. The number of aryl methyl sites for hydroxylation is 1. The summed E-state index contributed by atoms with van der Waals surface area (Å²) in [6.07, 6.45) is 3.34. The highest BCUT2D eigenvalue weighted by atomic mass is 32.4. The summed E-state index contributed by atoms with van der Waals surface area (Å²) < 4.78 is 59.3. The topological polar surface area (TPSA) is 60.0 Å². The van der Waals surface area contributed by atoms with Crippen LogP contribution in [0.5, 0.6) is 0 Å². The number of oxazole rings is 1. The molecule has 2 unspecified atom stereocenters. The Labute approximate surface area is 194 Å². The lowest BCUT2D eigenvalue weighted by molar-refractivity contribution is 0.299. The van der Waals surface area contributed by atoms with Crippen LogP contribution in [0.4, 0.5) is 15.5 Å². The fourth-order valence-corrected chi connectivity index (χ4v) is 6.26. The fraction of sp³-hybridized carbons (Fsp3) is 0.476. The van der Waals surface area contributed by atoms with Crippen molar-refractivity contribution < 1.29 is 20.0 Å². The number of nitrogens with zero attached hydrogens (tertiary/aromatic N) is 5. The monoisotopic (exact) mass is 503 g/mol. The first-order valence-electron chi connectivity index (χ1n) is 10.7. The summed E-state index contributed by atoms with van der Waals surface area (Å²) in [6, 6.07) is 4.75. The third-order valence-corrected chi connectivity index (χ3v) is 8.87. The molecule has 1 aliphatic heterocycles. The maximum Gasteiger partial charge on any atom is 0.202 e. The predicted molar refractivity (Wildman–Crippen MR) is 121 cm³/mol. The van der Waals surface area contributed by atoms with Crippen molar-refractivity contribution >= 4 is 22.5 Å². The molecule has 2 aliphatic rings. The molecular weight excluding hydrogens is 478 g/mol. The van der Waals surface area contributed by atoms with E-state index in [4.69, 9.17) is 4.42 Å². The Hall–Kier alpha value is -2.05. The maximum absolute atomic E-state index is 13.0. The second-order valence-electron chi connectivity index (χ2n) is 8.89. The Balaban J connectivity index is 1.13. The summed E-state index contributed by atoms with van der Waals surface area (Å²) in [5.41, 5.74) is 1.58. The molecule has 1 saturated carbocycles. The van der Waals surface area contributed by atoms with Crippen LogP contribution in [0, 0.1) is 12.8 Å². The lowest BCUT2D eigenvalue weighted by Gasteiger charge is -2.29. The summed E-state index contributed by atoms with van der Waals surface area (Å²) in [5, 5.41) is 9.27. The second-order valence-corrected chi connectivity index (χ2v) is 11.9. The highest BCUT2D eigenvalue weighted by molar-refractivity contribution is 8.33. The van der Waals surface area contributed by atoms with E-state index < -0.39 is 15.6 Å². The lowest BCUT2D eigenvalue weighted by atomic mass is 9.95. The number of thiol groups is 1. The molecule has 33 heavy (non-hydrogen) atoms. The number of piperidine rings is 1. The fourth-order valence-electron chi connectivity index (χ4n) is 4.83. The smallest absolute Gasteiger partial charge is 0.202 e. The largest absolute Gasteiger partial charge is 0.440 e. The molecule has 180 valence electrons. The molecule has 0 N–H and O–H groups in total. The van der Waals surface area contributed by atoms with Gasteiger partial charge in [0.15, 0.2) is 28.0 Å². The van der Waals surface area contributed by atoms with Crippen LogP contribution in [0.1, 0.15) is 24.1 Å². The van der Waals surface area contributed by atoms with Crippen LogP contribution in [0.2, 0.25) is 0 Å². The summed E-state index contributed by atoms with van der Waals surface area (Å²) in [5.74, 6) is 2.60. The van der Waals surface area contributed by atoms with E-state index in [1.807, 2.05) is 18.5 Å². The van der Waals surface area contributed by atoms with Crippen molar-refractivity contribution in [1.29, 1.82) is 0 Å². The predicted octanol–water partition coefficient (Wildman–Crippen LogP) is 5.50. The van der Waals surface area contributed by atoms with Crippen molar-refractivity contribution in [1.82, 2.24) is 24.6 Å². The number of hydrogen-bond acceptors (Lipinski definition) is 6. The number of thioether (sulfide) groups is 1. The molecule has 2 aromatic heterocycles. The molecule has 6 nitrogen and oxygen atoms in total. The van der Waals surface area contributed by atoms with Crippen molar-refractivity contribution in [2.75, 3.05) is 25.4 Å². The van der Waals surface area contributed by atoms with Gasteiger partial charge < -0.3 is 13.9 Å². The van der Waals surface area contributed by atoms with Crippen LogP contribution in [0.15, 0.2) is 45.1 Å². The molecule has 12 heteroatoms. The normalized spacial score (nSPS) is 23.9. The Bertz CT molecular complexity index is 1170. The van der Waals surface area contributed by atoms with Crippen molar-refractivity contribution in [3.63, 3.8) is 0 Å². The zero-order chi connectivity index (χ0) is 23.5. The first-order chi connectivity index (χ1) is 15.5. The number of benzene rings is 1. The standard InChI is InChI=1S/C21H25F4N5OS2/c1-14-18(31-13-26-14)19-27-28-20(29(19)2)32-9-3-8-30-11-16-10-21(16,12-30)15-4-6-17(7-5-15)33(22,23,24)25/h4-7,13,16,33H,3,8-12H2,1-2H3. The van der Waals surface area contributed by atoms with Crippen molar-refractivity contribution in [2.24, 2.45) is 13.0 Å². The van der Waals surface area contributed by atoms with Crippen LogP contribution in [0.25, 0.3) is 11.6 Å². The minimum Gasteiger partial charge on any atom is -0.440 e. The van der Waals surface area contributed by atoms with Crippen molar-refractivity contribution in [3.05, 3.63) is 41.9 Å². The Morgan fingerprint density at radius 1 is 1.18 bits per heavy atom. The summed E-state index contributed by atoms with van der Waals surface area (Å²) in [6.45, 7) is 4.55. The Morgan fingerprint density at radius 3 is 2.61 bits per heavy atom. The molecule has 2 atom stereocenters. The van der Waals surface area contributed by atoms with Gasteiger partial charge in [0.25, 0.3) is 0 Å². The lowest BCUT2D eigenvalue weighted by Crippen LogP contribution is -2.27. The molecule has 0 amide bonds. The molecule has 1 aliphatic carbocycles. The first kappa shape index (κ1) is 22.7. The molecule has 2 fully saturated rings. The van der Waals surface area contributed by atoms with Gasteiger partial charge in [0, 0.05) is 31.3 Å². The van der Waals surface area contributed by atoms with Crippen LogP contribution < -0.4 is 0 Å². The minimum absolute atomic E-state index is 0.0746. The van der Waals surface area contributed by atoms with Gasteiger partial charge in [0.05, 0.1) is 10.6 Å². The van der Waals surface area contributed by atoms with Crippen LogP contribution >= 0.6 is 22.5 Å². The van der Waals surface area contributed by atoms with Gasteiger partial charge in [0.1, 0.15) is 0 Å².